The Labute approximate surface area is 174 Å². The molecule has 28 heavy (non-hydrogen) atoms. The van der Waals surface area contributed by atoms with Gasteiger partial charge in [0, 0.05) is 0 Å². The lowest BCUT2D eigenvalue weighted by Crippen LogP contribution is -2.16. The monoisotopic (exact) mass is 388 g/mol. The normalized spacial score (nSPS) is 11.2. The first-order valence-electron chi connectivity index (χ1n) is 11.9. The van der Waals surface area contributed by atoms with Crippen molar-refractivity contribution in [2.75, 3.05) is 6.61 Å². The van der Waals surface area contributed by atoms with E-state index in [2.05, 4.69) is 47.6 Å². The molecule has 0 amide bonds. The molecule has 2 heteroatoms. The van der Waals surface area contributed by atoms with Crippen molar-refractivity contribution in [3.63, 3.8) is 0 Å². The number of hydrogen-bond donors (Lipinski definition) is 0. The largest absolute Gasteiger partial charge is 0.462 e. The molecule has 0 atom stereocenters. The van der Waals surface area contributed by atoms with Crippen molar-refractivity contribution in [1.29, 1.82) is 0 Å². The number of esters is 1. The summed E-state index contributed by atoms with van der Waals surface area (Å²) >= 11 is 0. The molecule has 0 radical (unpaired) electrons. The van der Waals surface area contributed by atoms with Crippen LogP contribution in [-0.2, 0) is 24.0 Å². The summed E-state index contributed by atoms with van der Waals surface area (Å²) < 4.78 is 5.66. The highest BCUT2D eigenvalue weighted by Crippen LogP contribution is 2.33. The average molecular weight is 389 g/mol. The van der Waals surface area contributed by atoms with E-state index in [1.165, 1.54) is 60.8 Å². The Kier molecular flexibility index (Phi) is 12.2. The molecule has 2 nitrogen and oxygen atoms in total. The van der Waals surface area contributed by atoms with E-state index in [0.717, 1.165) is 37.7 Å². The summed E-state index contributed by atoms with van der Waals surface area (Å²) in [4.78, 5) is 13.0. The molecule has 0 aliphatic rings. The fraction of sp³-hybridized carbons (Fsp3) is 0.731. The zero-order chi connectivity index (χ0) is 20.9. The third-order valence-corrected chi connectivity index (χ3v) is 5.57. The van der Waals surface area contributed by atoms with Crippen LogP contribution in [0.25, 0.3) is 0 Å². The molecule has 0 heterocycles. The number of aryl methyl sites for hydroxylation is 1. The predicted octanol–water partition coefficient (Wildman–Crippen LogP) is 7.79. The van der Waals surface area contributed by atoms with Crippen LogP contribution in [0, 0.1) is 0 Å². The molecule has 0 saturated carbocycles. The molecule has 0 N–H and O–H groups in total. The molecule has 0 unspecified atom stereocenters. The average Bonchev–Trinajstić information content (AvgIpc) is 2.68. The quantitative estimate of drug-likeness (QED) is 0.240. The lowest BCUT2D eigenvalue weighted by Gasteiger charge is -2.24. The third kappa shape index (κ3) is 7.26. The van der Waals surface area contributed by atoms with Gasteiger partial charge in [-0.25, -0.2) is 4.79 Å². The van der Waals surface area contributed by atoms with Crippen LogP contribution in [-0.4, -0.2) is 12.6 Å². The number of hydrogen-bond acceptors (Lipinski definition) is 2. The number of carbonyl (C=O) groups is 1. The predicted molar refractivity (Wildman–Crippen MR) is 122 cm³/mol. The topological polar surface area (TPSA) is 26.3 Å². The van der Waals surface area contributed by atoms with Crippen LogP contribution in [0.2, 0.25) is 0 Å². The van der Waals surface area contributed by atoms with Gasteiger partial charge in [0.25, 0.3) is 0 Å². The maximum Gasteiger partial charge on any atom is 0.338 e. The first-order valence-corrected chi connectivity index (χ1v) is 11.9. The Hall–Kier alpha value is -1.31. The van der Waals surface area contributed by atoms with Gasteiger partial charge >= 0.3 is 5.97 Å². The highest BCUT2D eigenvalue weighted by Gasteiger charge is 2.23. The van der Waals surface area contributed by atoms with Crippen molar-refractivity contribution < 1.29 is 9.53 Å². The van der Waals surface area contributed by atoms with E-state index in [0.29, 0.717) is 12.5 Å². The van der Waals surface area contributed by atoms with Gasteiger partial charge in [-0.1, -0.05) is 67.2 Å². The Bertz CT molecular complexity index is 587. The van der Waals surface area contributed by atoms with E-state index in [9.17, 15) is 4.79 Å². The van der Waals surface area contributed by atoms with Gasteiger partial charge in [0.1, 0.15) is 0 Å². The number of carbonyl (C=O) groups excluding carboxylic acids is 1. The highest BCUT2D eigenvalue weighted by atomic mass is 16.5. The van der Waals surface area contributed by atoms with Crippen LogP contribution in [0.3, 0.4) is 0 Å². The summed E-state index contributed by atoms with van der Waals surface area (Å²) in [6.07, 6.45) is 12.4. The second-order valence-corrected chi connectivity index (χ2v) is 8.41. The van der Waals surface area contributed by atoms with Gasteiger partial charge in [-0.15, -0.1) is 0 Å². The first-order chi connectivity index (χ1) is 13.5. The van der Waals surface area contributed by atoms with Gasteiger partial charge in [-0.05, 0) is 79.2 Å². The second-order valence-electron chi connectivity index (χ2n) is 8.41. The van der Waals surface area contributed by atoms with E-state index in [1.54, 1.807) is 0 Å². The summed E-state index contributed by atoms with van der Waals surface area (Å²) in [5, 5.41) is 0. The second kappa shape index (κ2) is 13.8. The number of unbranched alkanes of at least 4 members (excludes halogenated alkanes) is 4. The third-order valence-electron chi connectivity index (χ3n) is 5.57. The highest BCUT2D eigenvalue weighted by molar-refractivity contribution is 5.92. The maximum atomic E-state index is 13.0. The van der Waals surface area contributed by atoms with Crippen LogP contribution in [0.4, 0.5) is 0 Å². The van der Waals surface area contributed by atoms with Crippen molar-refractivity contribution >= 4 is 5.97 Å². The summed E-state index contributed by atoms with van der Waals surface area (Å²) in [6, 6.07) is 2.19. The van der Waals surface area contributed by atoms with E-state index < -0.39 is 0 Å². The van der Waals surface area contributed by atoms with Crippen LogP contribution >= 0.6 is 0 Å². The first kappa shape index (κ1) is 24.7. The van der Waals surface area contributed by atoms with Gasteiger partial charge in [0.05, 0.1) is 12.2 Å². The molecule has 0 bridgehead atoms. The molecule has 160 valence electrons. The Balaban J connectivity index is 3.51. The van der Waals surface area contributed by atoms with E-state index >= 15 is 0 Å². The van der Waals surface area contributed by atoms with Gasteiger partial charge in [-0.3, -0.25) is 0 Å². The molecule has 0 aromatic heterocycles. The fourth-order valence-corrected chi connectivity index (χ4v) is 3.97. The van der Waals surface area contributed by atoms with Gasteiger partial charge in [-0.2, -0.15) is 0 Å². The van der Waals surface area contributed by atoms with Crippen molar-refractivity contribution in [3.05, 3.63) is 33.9 Å². The molecule has 0 saturated heterocycles. The molecule has 1 rings (SSSR count). The fourth-order valence-electron chi connectivity index (χ4n) is 3.97. The molecule has 1 aromatic carbocycles. The number of ether oxygens (including phenoxy) is 1. The summed E-state index contributed by atoms with van der Waals surface area (Å²) in [5.74, 6) is 0.218. The smallest absolute Gasteiger partial charge is 0.338 e. The molecule has 0 fully saturated rings. The molecular weight excluding hydrogens is 344 g/mol. The van der Waals surface area contributed by atoms with Crippen molar-refractivity contribution in [3.8, 4) is 0 Å². The van der Waals surface area contributed by atoms with Crippen LogP contribution in [0.1, 0.15) is 131 Å². The molecule has 1 aromatic rings. The van der Waals surface area contributed by atoms with Crippen molar-refractivity contribution in [2.45, 2.75) is 118 Å². The summed E-state index contributed by atoms with van der Waals surface area (Å²) in [7, 11) is 0. The summed E-state index contributed by atoms with van der Waals surface area (Å²) in [5.41, 5.74) is 6.48. The van der Waals surface area contributed by atoms with Gasteiger partial charge < -0.3 is 4.74 Å². The minimum absolute atomic E-state index is 0.116. The van der Waals surface area contributed by atoms with Crippen LogP contribution in [0.15, 0.2) is 6.07 Å². The zero-order valence-electron chi connectivity index (χ0n) is 19.5. The van der Waals surface area contributed by atoms with Crippen molar-refractivity contribution in [2.24, 2.45) is 0 Å². The standard InChI is InChI=1S/C26H44O2/c1-7-11-15-21-19-24(26(27)28-18-14-10-4)25(20(5)6)23(17-13-9-3)22(21)16-12-8-2/h19-20H,7-18H2,1-6H3. The Morgan fingerprint density at radius 1 is 0.821 bits per heavy atom. The minimum atomic E-state index is -0.116. The zero-order valence-corrected chi connectivity index (χ0v) is 19.5. The van der Waals surface area contributed by atoms with Crippen molar-refractivity contribution in [1.82, 2.24) is 0 Å². The minimum Gasteiger partial charge on any atom is -0.462 e. The molecule has 0 aliphatic heterocycles. The molecule has 0 spiro atoms. The Morgan fingerprint density at radius 3 is 1.89 bits per heavy atom. The van der Waals surface area contributed by atoms with Gasteiger partial charge in [0.2, 0.25) is 0 Å². The molecular formula is C26H44O2. The number of rotatable bonds is 14. The lowest BCUT2D eigenvalue weighted by atomic mass is 9.81. The van der Waals surface area contributed by atoms with Crippen LogP contribution in [0.5, 0.6) is 0 Å². The van der Waals surface area contributed by atoms with Crippen LogP contribution < -0.4 is 0 Å². The van der Waals surface area contributed by atoms with E-state index in [-0.39, 0.29) is 5.97 Å². The SMILES string of the molecule is CCCCOC(=O)c1cc(CCCC)c(CCCC)c(CCCC)c1C(C)C. The van der Waals surface area contributed by atoms with E-state index in [1.807, 2.05) is 0 Å². The lowest BCUT2D eigenvalue weighted by molar-refractivity contribution is 0.0497. The summed E-state index contributed by atoms with van der Waals surface area (Å²) in [6.45, 7) is 13.9. The maximum absolute atomic E-state index is 13.0. The Morgan fingerprint density at radius 2 is 1.36 bits per heavy atom. The molecule has 0 aliphatic carbocycles. The van der Waals surface area contributed by atoms with Gasteiger partial charge in [0.15, 0.2) is 0 Å². The number of benzene rings is 1. The van der Waals surface area contributed by atoms with E-state index in [4.69, 9.17) is 4.74 Å².